The predicted molar refractivity (Wildman–Crippen MR) is 38.9 cm³/mol. The maximum Gasteiger partial charge on any atom is 0.0690 e. The second kappa shape index (κ2) is 4.13. The van der Waals surface area contributed by atoms with Gasteiger partial charge in [-0.25, -0.2) is 0 Å². The fraction of sp³-hybridized carbons (Fsp3) is 0.571. The number of hydrogen-bond donors (Lipinski definition) is 1. The minimum atomic E-state index is 0.417. The molecule has 0 spiro atoms. The highest BCUT2D eigenvalue weighted by atomic mass is 16.4. The van der Waals surface area contributed by atoms with Gasteiger partial charge in [-0.05, 0) is 17.9 Å². The second-order valence-electron chi connectivity index (χ2n) is 2.13. The van der Waals surface area contributed by atoms with E-state index in [-0.39, 0.29) is 0 Å². The van der Waals surface area contributed by atoms with Gasteiger partial charge in [-0.15, -0.1) is 0 Å². The summed E-state index contributed by atoms with van der Waals surface area (Å²) in [6.45, 7) is 7.82. The van der Waals surface area contributed by atoms with Crippen LogP contribution in [0.2, 0.25) is 0 Å². The number of oxime groups is 1. The van der Waals surface area contributed by atoms with Crippen molar-refractivity contribution in [2.45, 2.75) is 20.3 Å². The second-order valence-corrected chi connectivity index (χ2v) is 2.13. The summed E-state index contributed by atoms with van der Waals surface area (Å²) in [7, 11) is 0. The first-order valence-electron chi connectivity index (χ1n) is 3.08. The smallest absolute Gasteiger partial charge is 0.0690 e. The molecule has 0 amide bonds. The lowest BCUT2D eigenvalue weighted by Gasteiger charge is -2.04. The Morgan fingerprint density at radius 3 is 2.78 bits per heavy atom. The van der Waals surface area contributed by atoms with Gasteiger partial charge in [0.15, 0.2) is 0 Å². The van der Waals surface area contributed by atoms with Crippen LogP contribution in [0.5, 0.6) is 0 Å². The van der Waals surface area contributed by atoms with Crippen LogP contribution in [-0.2, 0) is 0 Å². The minimum Gasteiger partial charge on any atom is -0.411 e. The van der Waals surface area contributed by atoms with Gasteiger partial charge in [-0.2, -0.15) is 0 Å². The van der Waals surface area contributed by atoms with E-state index in [4.69, 9.17) is 5.21 Å². The molecule has 0 aromatic rings. The third-order valence-electron chi connectivity index (χ3n) is 1.47. The topological polar surface area (TPSA) is 32.6 Å². The van der Waals surface area contributed by atoms with Crippen LogP contribution in [-0.4, -0.2) is 11.4 Å². The van der Waals surface area contributed by atoms with Gasteiger partial charge in [0.2, 0.25) is 0 Å². The Kier molecular flexibility index (Phi) is 3.76. The molecule has 0 rings (SSSR count). The van der Waals surface area contributed by atoms with Gasteiger partial charge in [0.25, 0.3) is 0 Å². The monoisotopic (exact) mass is 127 g/mol. The number of nitrogens with zero attached hydrogens (tertiary/aromatic N) is 1. The summed E-state index contributed by atoms with van der Waals surface area (Å²) < 4.78 is 0. The van der Waals surface area contributed by atoms with Crippen molar-refractivity contribution in [2.24, 2.45) is 11.1 Å². The largest absolute Gasteiger partial charge is 0.411 e. The molecule has 1 atom stereocenters. The average Bonchev–Trinajstić information content (AvgIpc) is 1.87. The maximum atomic E-state index is 8.09. The van der Waals surface area contributed by atoms with Crippen molar-refractivity contribution in [3.63, 3.8) is 0 Å². The van der Waals surface area contributed by atoms with E-state index in [0.29, 0.717) is 5.92 Å². The summed E-state index contributed by atoms with van der Waals surface area (Å²) in [5.41, 5.74) is 0.875. The van der Waals surface area contributed by atoms with Crippen LogP contribution < -0.4 is 0 Å². The zero-order chi connectivity index (χ0) is 7.28. The lowest BCUT2D eigenvalue weighted by atomic mass is 10.0. The Morgan fingerprint density at radius 1 is 1.89 bits per heavy atom. The van der Waals surface area contributed by atoms with E-state index in [2.05, 4.69) is 18.7 Å². The summed E-state index contributed by atoms with van der Waals surface area (Å²) in [4.78, 5) is 0. The molecule has 52 valence electrons. The molecule has 0 aromatic carbocycles. The molecule has 2 nitrogen and oxygen atoms in total. The van der Waals surface area contributed by atoms with Gasteiger partial charge in [0.1, 0.15) is 0 Å². The number of rotatable bonds is 3. The van der Waals surface area contributed by atoms with Gasteiger partial charge in [0.05, 0.1) is 6.21 Å². The highest BCUT2D eigenvalue weighted by Crippen LogP contribution is 2.08. The van der Waals surface area contributed by atoms with E-state index < -0.39 is 0 Å². The first-order chi connectivity index (χ1) is 4.22. The Bertz CT molecular complexity index is 118. The first kappa shape index (κ1) is 8.21. The van der Waals surface area contributed by atoms with E-state index in [1.165, 1.54) is 6.21 Å². The summed E-state index contributed by atoms with van der Waals surface area (Å²) in [5.74, 6) is 0.417. The Labute approximate surface area is 55.9 Å². The third-order valence-corrected chi connectivity index (χ3v) is 1.47. The molecule has 0 aromatic heterocycles. The summed E-state index contributed by atoms with van der Waals surface area (Å²) in [6, 6.07) is 0. The van der Waals surface area contributed by atoms with Crippen LogP contribution in [0.25, 0.3) is 0 Å². The van der Waals surface area contributed by atoms with E-state index in [9.17, 15) is 0 Å². The molecule has 0 bridgehead atoms. The van der Waals surface area contributed by atoms with E-state index in [1.807, 2.05) is 6.92 Å². The highest BCUT2D eigenvalue weighted by molar-refractivity contribution is 5.77. The van der Waals surface area contributed by atoms with Gasteiger partial charge in [0, 0.05) is 0 Å². The molecule has 0 saturated carbocycles. The van der Waals surface area contributed by atoms with Crippen molar-refractivity contribution in [2.75, 3.05) is 0 Å². The standard InChI is InChI=1S/C7H13NO/c1-4-6(2)7(3)5-8-9/h5-6,9H,3-4H2,1-2H3/b8-5+/t6-/m1/s1. The molecule has 9 heavy (non-hydrogen) atoms. The molecular weight excluding hydrogens is 114 g/mol. The highest BCUT2D eigenvalue weighted by Gasteiger charge is 1.99. The maximum absolute atomic E-state index is 8.09. The molecule has 0 aliphatic heterocycles. The zero-order valence-corrected chi connectivity index (χ0v) is 5.96. The molecule has 0 unspecified atom stereocenters. The van der Waals surface area contributed by atoms with Crippen LogP contribution in [0, 0.1) is 5.92 Å². The van der Waals surface area contributed by atoms with Gasteiger partial charge in [-0.1, -0.05) is 25.6 Å². The normalized spacial score (nSPS) is 14.0. The predicted octanol–water partition coefficient (Wildman–Crippen LogP) is 2.05. The first-order valence-corrected chi connectivity index (χ1v) is 3.08. The Balaban J connectivity index is 3.73. The number of allylic oxidation sites excluding steroid dienone is 1. The van der Waals surface area contributed by atoms with Gasteiger partial charge >= 0.3 is 0 Å². The van der Waals surface area contributed by atoms with E-state index >= 15 is 0 Å². The van der Waals surface area contributed by atoms with Crippen LogP contribution >= 0.6 is 0 Å². The third kappa shape index (κ3) is 2.90. The van der Waals surface area contributed by atoms with E-state index in [0.717, 1.165) is 12.0 Å². The fourth-order valence-corrected chi connectivity index (χ4v) is 0.464. The van der Waals surface area contributed by atoms with Crippen LogP contribution in [0.1, 0.15) is 20.3 Å². The van der Waals surface area contributed by atoms with Gasteiger partial charge < -0.3 is 5.21 Å². The molecule has 1 N–H and O–H groups in total. The van der Waals surface area contributed by atoms with Crippen molar-refractivity contribution in [1.82, 2.24) is 0 Å². The molecule has 0 saturated heterocycles. The van der Waals surface area contributed by atoms with Crippen molar-refractivity contribution in [3.8, 4) is 0 Å². The summed E-state index contributed by atoms with van der Waals surface area (Å²) in [6.07, 6.45) is 2.42. The van der Waals surface area contributed by atoms with Crippen molar-refractivity contribution in [1.29, 1.82) is 0 Å². The molecule has 0 aliphatic carbocycles. The lowest BCUT2D eigenvalue weighted by Crippen LogP contribution is -1.96. The SMILES string of the molecule is C=C(/C=N/O)[C@H](C)CC. The van der Waals surface area contributed by atoms with Crippen molar-refractivity contribution < 1.29 is 5.21 Å². The molecule has 0 aliphatic rings. The van der Waals surface area contributed by atoms with Crippen LogP contribution in [0.15, 0.2) is 17.3 Å². The molecule has 2 heteroatoms. The van der Waals surface area contributed by atoms with Crippen LogP contribution in [0.4, 0.5) is 0 Å². The van der Waals surface area contributed by atoms with Crippen molar-refractivity contribution in [3.05, 3.63) is 12.2 Å². The molecule has 0 radical (unpaired) electrons. The Hall–Kier alpha value is -0.790. The van der Waals surface area contributed by atoms with E-state index in [1.54, 1.807) is 0 Å². The summed E-state index contributed by atoms with van der Waals surface area (Å²) in [5, 5.41) is 11.0. The molecule has 0 heterocycles. The van der Waals surface area contributed by atoms with Crippen molar-refractivity contribution >= 4 is 6.21 Å². The molecule has 0 fully saturated rings. The fourth-order valence-electron chi connectivity index (χ4n) is 0.464. The quantitative estimate of drug-likeness (QED) is 0.351. The number of hydrogen-bond acceptors (Lipinski definition) is 2. The lowest BCUT2D eigenvalue weighted by molar-refractivity contribution is 0.321. The molecular formula is C7H13NO. The van der Waals surface area contributed by atoms with Crippen LogP contribution in [0.3, 0.4) is 0 Å². The Morgan fingerprint density at radius 2 is 2.44 bits per heavy atom. The minimum absolute atomic E-state index is 0.417. The average molecular weight is 127 g/mol. The summed E-state index contributed by atoms with van der Waals surface area (Å²) >= 11 is 0. The zero-order valence-electron chi connectivity index (χ0n) is 5.96. The van der Waals surface area contributed by atoms with Gasteiger partial charge in [-0.3, -0.25) is 0 Å².